The molecule has 1 fully saturated rings. The van der Waals surface area contributed by atoms with Gasteiger partial charge in [-0.05, 0) is 32.6 Å². The molecule has 76 valence electrons. The van der Waals surface area contributed by atoms with Crippen molar-refractivity contribution in [2.24, 2.45) is 0 Å². The fraction of sp³-hybridized carbons (Fsp3) is 0.889. The molecule has 0 aromatic rings. The highest BCUT2D eigenvalue weighted by Gasteiger charge is 2.22. The first-order valence-electron chi connectivity index (χ1n) is 4.76. The summed E-state index contributed by atoms with van der Waals surface area (Å²) in [5, 5.41) is 21.0. The van der Waals surface area contributed by atoms with Gasteiger partial charge in [0.15, 0.2) is 0 Å². The summed E-state index contributed by atoms with van der Waals surface area (Å²) in [4.78, 5) is 11.1. The number of hydrogen-bond acceptors (Lipinski definition) is 3. The van der Waals surface area contributed by atoms with Crippen molar-refractivity contribution in [3.05, 3.63) is 0 Å². The van der Waals surface area contributed by atoms with E-state index in [0.717, 1.165) is 19.3 Å². The Kier molecular flexibility index (Phi) is 3.69. The van der Waals surface area contributed by atoms with Crippen LogP contribution in [0.3, 0.4) is 0 Å². The highest BCUT2D eigenvalue weighted by molar-refractivity contribution is 5.80. The summed E-state index contributed by atoms with van der Waals surface area (Å²) in [6, 6.07) is 0.0332. The molecule has 0 saturated heterocycles. The molecule has 0 aromatic heterocycles. The molecule has 3 N–H and O–H groups in total. The molecule has 1 saturated carbocycles. The lowest BCUT2D eigenvalue weighted by Crippen LogP contribution is -2.43. The summed E-state index contributed by atoms with van der Waals surface area (Å²) < 4.78 is 0. The van der Waals surface area contributed by atoms with Gasteiger partial charge in [-0.1, -0.05) is 0 Å². The molecular formula is C9H17NO3. The minimum atomic E-state index is -0.959. The van der Waals surface area contributed by atoms with Gasteiger partial charge in [0.2, 0.25) is 5.91 Å². The van der Waals surface area contributed by atoms with Gasteiger partial charge in [-0.15, -0.1) is 0 Å². The lowest BCUT2D eigenvalue weighted by atomic mass is 9.93. The van der Waals surface area contributed by atoms with Crippen LogP contribution in [0.2, 0.25) is 0 Å². The predicted octanol–water partition coefficient (Wildman–Crippen LogP) is -0.213. The van der Waals surface area contributed by atoms with Crippen molar-refractivity contribution >= 4 is 5.91 Å². The number of rotatable bonds is 2. The summed E-state index contributed by atoms with van der Waals surface area (Å²) in [7, 11) is 0. The second-order valence-electron chi connectivity index (χ2n) is 3.70. The molecule has 1 aliphatic rings. The van der Waals surface area contributed by atoms with Crippen molar-refractivity contribution in [3.8, 4) is 0 Å². The first-order chi connectivity index (χ1) is 6.09. The molecular weight excluding hydrogens is 170 g/mol. The number of hydrogen-bond donors (Lipinski definition) is 3. The average Bonchev–Trinajstić information content (AvgIpc) is 2.04. The number of aliphatic hydroxyl groups is 2. The van der Waals surface area contributed by atoms with Gasteiger partial charge in [-0.25, -0.2) is 0 Å². The van der Waals surface area contributed by atoms with Crippen LogP contribution in [0.5, 0.6) is 0 Å². The molecule has 0 aliphatic heterocycles. The van der Waals surface area contributed by atoms with Crippen molar-refractivity contribution in [2.45, 2.75) is 50.9 Å². The Balaban J connectivity index is 2.31. The Bertz CT molecular complexity index is 182. The molecule has 0 bridgehead atoms. The Morgan fingerprint density at radius 1 is 1.54 bits per heavy atom. The third kappa shape index (κ3) is 3.32. The van der Waals surface area contributed by atoms with Crippen molar-refractivity contribution in [3.63, 3.8) is 0 Å². The largest absolute Gasteiger partial charge is 0.393 e. The molecule has 3 atom stereocenters. The second kappa shape index (κ2) is 4.58. The van der Waals surface area contributed by atoms with Gasteiger partial charge in [0.1, 0.15) is 6.10 Å². The number of carbonyl (C=O) groups excluding carboxylic acids is 1. The molecule has 0 heterocycles. The third-order valence-electron chi connectivity index (χ3n) is 2.37. The molecule has 0 aromatic carbocycles. The molecule has 1 amide bonds. The zero-order valence-corrected chi connectivity index (χ0v) is 7.86. The van der Waals surface area contributed by atoms with Crippen LogP contribution >= 0.6 is 0 Å². The van der Waals surface area contributed by atoms with E-state index in [9.17, 15) is 9.90 Å². The topological polar surface area (TPSA) is 69.6 Å². The van der Waals surface area contributed by atoms with E-state index < -0.39 is 6.10 Å². The van der Waals surface area contributed by atoms with Crippen LogP contribution in [-0.4, -0.2) is 34.4 Å². The normalized spacial score (nSPS) is 31.0. The lowest BCUT2D eigenvalue weighted by molar-refractivity contribution is -0.129. The summed E-state index contributed by atoms with van der Waals surface area (Å²) in [6.45, 7) is 1.44. The second-order valence-corrected chi connectivity index (χ2v) is 3.70. The first kappa shape index (κ1) is 10.5. The zero-order chi connectivity index (χ0) is 9.84. The highest BCUT2D eigenvalue weighted by atomic mass is 16.3. The molecule has 1 aliphatic carbocycles. The Morgan fingerprint density at radius 2 is 2.23 bits per heavy atom. The molecule has 1 rings (SSSR count). The maximum Gasteiger partial charge on any atom is 0.248 e. The minimum absolute atomic E-state index is 0.0332. The number of carbonyl (C=O) groups is 1. The van der Waals surface area contributed by atoms with Crippen LogP contribution in [0, 0.1) is 0 Å². The summed E-state index contributed by atoms with van der Waals surface area (Å²) in [5.41, 5.74) is 0. The van der Waals surface area contributed by atoms with Gasteiger partial charge in [-0.2, -0.15) is 0 Å². The van der Waals surface area contributed by atoms with E-state index in [-0.39, 0.29) is 18.1 Å². The van der Waals surface area contributed by atoms with E-state index in [0.29, 0.717) is 6.42 Å². The maximum atomic E-state index is 11.1. The smallest absolute Gasteiger partial charge is 0.248 e. The summed E-state index contributed by atoms with van der Waals surface area (Å²) >= 11 is 0. The van der Waals surface area contributed by atoms with Crippen LogP contribution in [0.4, 0.5) is 0 Å². The fourth-order valence-corrected chi connectivity index (χ4v) is 1.62. The van der Waals surface area contributed by atoms with Crippen LogP contribution in [-0.2, 0) is 4.79 Å². The van der Waals surface area contributed by atoms with Gasteiger partial charge in [0, 0.05) is 6.04 Å². The van der Waals surface area contributed by atoms with Crippen molar-refractivity contribution in [1.82, 2.24) is 5.32 Å². The fourth-order valence-electron chi connectivity index (χ4n) is 1.62. The van der Waals surface area contributed by atoms with E-state index in [1.54, 1.807) is 0 Å². The van der Waals surface area contributed by atoms with E-state index in [1.807, 2.05) is 0 Å². The molecule has 4 nitrogen and oxygen atoms in total. The van der Waals surface area contributed by atoms with Crippen molar-refractivity contribution < 1.29 is 15.0 Å². The lowest BCUT2D eigenvalue weighted by Gasteiger charge is -2.26. The highest BCUT2D eigenvalue weighted by Crippen LogP contribution is 2.18. The van der Waals surface area contributed by atoms with E-state index in [2.05, 4.69) is 5.32 Å². The van der Waals surface area contributed by atoms with Crippen LogP contribution in [0.1, 0.15) is 32.6 Å². The molecule has 13 heavy (non-hydrogen) atoms. The molecule has 0 unspecified atom stereocenters. The number of nitrogens with one attached hydrogen (secondary N) is 1. The quantitative estimate of drug-likeness (QED) is 0.560. The van der Waals surface area contributed by atoms with E-state index in [4.69, 9.17) is 5.11 Å². The molecule has 0 radical (unpaired) electrons. The van der Waals surface area contributed by atoms with Crippen LogP contribution < -0.4 is 5.32 Å². The summed E-state index contributed by atoms with van der Waals surface area (Å²) in [5.74, 6) is -0.348. The Labute approximate surface area is 78.0 Å². The van der Waals surface area contributed by atoms with Gasteiger partial charge < -0.3 is 15.5 Å². The van der Waals surface area contributed by atoms with Crippen molar-refractivity contribution in [2.75, 3.05) is 0 Å². The maximum absolute atomic E-state index is 11.1. The van der Waals surface area contributed by atoms with Crippen molar-refractivity contribution in [1.29, 1.82) is 0 Å². The summed E-state index contributed by atoms with van der Waals surface area (Å²) in [6.07, 6.45) is 2.01. The number of amides is 1. The predicted molar refractivity (Wildman–Crippen MR) is 48.1 cm³/mol. The number of aliphatic hydroxyl groups excluding tert-OH is 2. The van der Waals surface area contributed by atoms with E-state index >= 15 is 0 Å². The van der Waals surface area contributed by atoms with Gasteiger partial charge in [-0.3, -0.25) is 4.79 Å². The standard InChI is InChI=1S/C9H17NO3/c1-6(11)9(13)10-7-3-2-4-8(12)5-7/h6-8,11-12H,2-5H2,1H3,(H,10,13)/t6-,7-,8+/m0/s1. The van der Waals surface area contributed by atoms with E-state index in [1.165, 1.54) is 6.92 Å². The van der Waals surface area contributed by atoms with Gasteiger partial charge in [0.05, 0.1) is 6.10 Å². The minimum Gasteiger partial charge on any atom is -0.393 e. The van der Waals surface area contributed by atoms with Gasteiger partial charge in [0.25, 0.3) is 0 Å². The molecule has 4 heteroatoms. The monoisotopic (exact) mass is 187 g/mol. The Morgan fingerprint density at radius 3 is 2.77 bits per heavy atom. The Hall–Kier alpha value is -0.610. The van der Waals surface area contributed by atoms with Crippen LogP contribution in [0.25, 0.3) is 0 Å². The average molecular weight is 187 g/mol. The van der Waals surface area contributed by atoms with Gasteiger partial charge >= 0.3 is 0 Å². The molecule has 0 spiro atoms. The van der Waals surface area contributed by atoms with Crippen LogP contribution in [0.15, 0.2) is 0 Å². The first-order valence-corrected chi connectivity index (χ1v) is 4.76. The zero-order valence-electron chi connectivity index (χ0n) is 7.86. The SMILES string of the molecule is C[C@H](O)C(=O)N[C@H]1CCC[C@@H](O)C1. The third-order valence-corrected chi connectivity index (χ3v) is 2.37.